The zero-order valence-corrected chi connectivity index (χ0v) is 18.8. The van der Waals surface area contributed by atoms with Crippen molar-refractivity contribution in [3.63, 3.8) is 0 Å². The molecule has 4 aromatic rings. The Kier molecular flexibility index (Phi) is 6.26. The highest BCUT2D eigenvalue weighted by Gasteiger charge is 2.18. The molecule has 0 aliphatic rings. The average molecular weight is 448 g/mol. The lowest BCUT2D eigenvalue weighted by molar-refractivity contribution is -0.122. The van der Waals surface area contributed by atoms with Crippen LogP contribution in [0.2, 0.25) is 0 Å². The van der Waals surface area contributed by atoms with Gasteiger partial charge in [-0.05, 0) is 26.0 Å². The molecular weight excluding hydrogens is 423 g/mol. The number of methoxy groups -OCH3 is 1. The third kappa shape index (κ3) is 4.37. The molecule has 0 saturated heterocycles. The largest absolute Gasteiger partial charge is 0.496 e. The highest BCUT2D eigenvalue weighted by Crippen LogP contribution is 2.23. The van der Waals surface area contributed by atoms with E-state index in [1.165, 1.54) is 6.07 Å². The number of para-hydroxylation sites is 1. The molecule has 8 heteroatoms. The van der Waals surface area contributed by atoms with Crippen molar-refractivity contribution in [1.82, 2.24) is 19.7 Å². The van der Waals surface area contributed by atoms with Crippen LogP contribution in [0.3, 0.4) is 0 Å². The quantitative estimate of drug-likeness (QED) is 0.471. The van der Waals surface area contributed by atoms with E-state index in [0.29, 0.717) is 34.3 Å². The fourth-order valence-electron chi connectivity index (χ4n) is 4.03. The molecule has 0 spiro atoms. The maximum Gasteiger partial charge on any atom is 0.276 e. The first-order chi connectivity index (χ1) is 15.9. The van der Waals surface area contributed by atoms with Crippen molar-refractivity contribution >= 4 is 16.7 Å². The molecule has 7 nitrogen and oxygen atoms in total. The maximum absolute atomic E-state index is 14.2. The summed E-state index contributed by atoms with van der Waals surface area (Å²) < 4.78 is 22.5. The summed E-state index contributed by atoms with van der Waals surface area (Å²) in [5, 5.41) is 8.18. The van der Waals surface area contributed by atoms with Gasteiger partial charge in [-0.15, -0.1) is 0 Å². The van der Waals surface area contributed by atoms with Crippen molar-refractivity contribution in [2.45, 2.75) is 33.5 Å². The summed E-state index contributed by atoms with van der Waals surface area (Å²) in [6.45, 7) is 4.07. The molecule has 0 aliphatic heterocycles. The molecule has 0 saturated carbocycles. The van der Waals surface area contributed by atoms with Crippen LogP contribution >= 0.6 is 0 Å². The van der Waals surface area contributed by atoms with Gasteiger partial charge in [0.1, 0.15) is 18.1 Å². The minimum atomic E-state index is -0.354. The zero-order valence-electron chi connectivity index (χ0n) is 18.8. The molecule has 1 N–H and O–H groups in total. The summed E-state index contributed by atoms with van der Waals surface area (Å²) in [6, 6.07) is 14.0. The van der Waals surface area contributed by atoms with E-state index in [9.17, 15) is 14.0 Å². The molecule has 33 heavy (non-hydrogen) atoms. The lowest BCUT2D eigenvalue weighted by Gasteiger charge is -2.10. The van der Waals surface area contributed by atoms with E-state index in [4.69, 9.17) is 4.74 Å². The van der Waals surface area contributed by atoms with E-state index in [1.54, 1.807) is 31.5 Å². The second-order valence-corrected chi connectivity index (χ2v) is 7.83. The van der Waals surface area contributed by atoms with Gasteiger partial charge in [-0.1, -0.05) is 36.4 Å². The number of aromatic nitrogens is 3. The molecule has 2 heterocycles. The molecule has 0 aliphatic carbocycles. The molecule has 2 aromatic heterocycles. The summed E-state index contributed by atoms with van der Waals surface area (Å²) in [6.07, 6.45) is 1.59. The van der Waals surface area contributed by atoms with Gasteiger partial charge in [0.25, 0.3) is 5.56 Å². The Bertz CT molecular complexity index is 1390. The number of hydrogen-bond donors (Lipinski definition) is 1. The second kappa shape index (κ2) is 9.28. The Morgan fingerprint density at radius 3 is 2.48 bits per heavy atom. The van der Waals surface area contributed by atoms with Crippen LogP contribution in [0, 0.1) is 19.7 Å². The fraction of sp³-hybridized carbons (Fsp3) is 0.240. The summed E-state index contributed by atoms with van der Waals surface area (Å²) in [7, 11) is 1.57. The summed E-state index contributed by atoms with van der Waals surface area (Å²) in [5.74, 6) is 0.0446. The third-order valence-electron chi connectivity index (χ3n) is 5.85. The lowest BCUT2D eigenvalue weighted by Crippen LogP contribution is -2.33. The van der Waals surface area contributed by atoms with Gasteiger partial charge in [0.15, 0.2) is 0 Å². The number of aryl methyl sites for hydroxylation is 2. The summed E-state index contributed by atoms with van der Waals surface area (Å²) in [4.78, 5) is 25.7. The molecule has 2 aromatic carbocycles. The van der Waals surface area contributed by atoms with E-state index < -0.39 is 0 Å². The van der Waals surface area contributed by atoms with Crippen molar-refractivity contribution in [2.75, 3.05) is 7.11 Å². The van der Waals surface area contributed by atoms with Gasteiger partial charge in [0, 0.05) is 34.4 Å². The monoisotopic (exact) mass is 448 g/mol. The van der Waals surface area contributed by atoms with Crippen LogP contribution in [-0.4, -0.2) is 27.4 Å². The predicted molar refractivity (Wildman–Crippen MR) is 124 cm³/mol. The molecule has 0 radical (unpaired) electrons. The number of hydrogen-bond acceptors (Lipinski definition) is 4. The number of rotatable bonds is 7. The van der Waals surface area contributed by atoms with E-state index in [-0.39, 0.29) is 30.4 Å². The molecular formula is C25H25FN4O3. The Balaban J connectivity index is 1.58. The number of carbonyl (C=O) groups is 1. The van der Waals surface area contributed by atoms with Crippen molar-refractivity contribution in [3.8, 4) is 5.75 Å². The molecule has 0 unspecified atom stereocenters. The first kappa shape index (κ1) is 22.3. The number of fused-ring (bicyclic) bond motifs is 1. The zero-order chi connectivity index (χ0) is 23.5. The molecule has 0 atom stereocenters. The maximum atomic E-state index is 14.2. The van der Waals surface area contributed by atoms with Crippen molar-refractivity contribution in [3.05, 3.63) is 93.4 Å². The Hall–Kier alpha value is -3.94. The SMILES string of the molecule is COc1ccccc1CNC(=O)Cn1ncc2c(C)n(Cc3ccccc3F)c(C)c2c1=O. The van der Waals surface area contributed by atoms with Crippen molar-refractivity contribution in [2.24, 2.45) is 0 Å². The van der Waals surface area contributed by atoms with E-state index in [0.717, 1.165) is 15.9 Å². The number of nitrogens with one attached hydrogen (secondary N) is 1. The highest BCUT2D eigenvalue weighted by molar-refractivity contribution is 5.87. The van der Waals surface area contributed by atoms with Gasteiger partial charge in [-0.3, -0.25) is 9.59 Å². The smallest absolute Gasteiger partial charge is 0.276 e. The number of nitrogens with zero attached hydrogens (tertiary/aromatic N) is 3. The van der Waals surface area contributed by atoms with Crippen LogP contribution in [0.25, 0.3) is 10.8 Å². The Labute approximate surface area is 190 Å². The van der Waals surface area contributed by atoms with Crippen LogP contribution in [0.15, 0.2) is 59.5 Å². The summed E-state index contributed by atoms with van der Waals surface area (Å²) in [5.41, 5.74) is 2.55. The first-order valence-corrected chi connectivity index (χ1v) is 10.6. The molecule has 170 valence electrons. The van der Waals surface area contributed by atoms with Gasteiger partial charge in [-0.25, -0.2) is 9.07 Å². The Morgan fingerprint density at radius 1 is 1.06 bits per heavy atom. The van der Waals surface area contributed by atoms with Crippen LogP contribution in [0.1, 0.15) is 22.5 Å². The van der Waals surface area contributed by atoms with E-state index in [1.807, 2.05) is 42.7 Å². The van der Waals surface area contributed by atoms with Gasteiger partial charge < -0.3 is 14.6 Å². The number of carbonyl (C=O) groups excluding carboxylic acids is 1. The third-order valence-corrected chi connectivity index (χ3v) is 5.85. The summed E-state index contributed by atoms with van der Waals surface area (Å²) >= 11 is 0. The van der Waals surface area contributed by atoms with Crippen LogP contribution in [-0.2, 0) is 24.4 Å². The first-order valence-electron chi connectivity index (χ1n) is 10.6. The fourth-order valence-corrected chi connectivity index (χ4v) is 4.03. The standard InChI is InChI=1S/C25H25FN4O3/c1-16-20-13-28-30(15-23(31)27-12-18-8-5-7-11-22(18)33-3)25(32)24(20)17(2)29(16)14-19-9-4-6-10-21(19)26/h4-11,13H,12,14-15H2,1-3H3,(H,27,31). The van der Waals surface area contributed by atoms with Crippen LogP contribution < -0.4 is 15.6 Å². The second-order valence-electron chi connectivity index (χ2n) is 7.83. The van der Waals surface area contributed by atoms with Crippen molar-refractivity contribution in [1.29, 1.82) is 0 Å². The van der Waals surface area contributed by atoms with Crippen molar-refractivity contribution < 1.29 is 13.9 Å². The minimum Gasteiger partial charge on any atom is -0.496 e. The van der Waals surface area contributed by atoms with Crippen LogP contribution in [0.4, 0.5) is 4.39 Å². The number of halogens is 1. The normalized spacial score (nSPS) is 11.0. The molecule has 0 bridgehead atoms. The minimum absolute atomic E-state index is 0.207. The van der Waals surface area contributed by atoms with E-state index >= 15 is 0 Å². The highest BCUT2D eigenvalue weighted by atomic mass is 19.1. The predicted octanol–water partition coefficient (Wildman–Crippen LogP) is 3.33. The average Bonchev–Trinajstić information content (AvgIpc) is 3.06. The lowest BCUT2D eigenvalue weighted by atomic mass is 10.2. The number of amides is 1. The van der Waals surface area contributed by atoms with E-state index in [2.05, 4.69) is 10.4 Å². The topological polar surface area (TPSA) is 78.2 Å². The van der Waals surface area contributed by atoms with Crippen LogP contribution in [0.5, 0.6) is 5.75 Å². The van der Waals surface area contributed by atoms with Gasteiger partial charge in [0.2, 0.25) is 5.91 Å². The van der Waals surface area contributed by atoms with Gasteiger partial charge in [-0.2, -0.15) is 5.10 Å². The Morgan fingerprint density at radius 2 is 1.76 bits per heavy atom. The molecule has 1 amide bonds. The van der Waals surface area contributed by atoms with Gasteiger partial charge >= 0.3 is 0 Å². The molecule has 0 fully saturated rings. The number of benzene rings is 2. The van der Waals surface area contributed by atoms with Gasteiger partial charge in [0.05, 0.1) is 25.2 Å². The number of ether oxygens (including phenoxy) is 1. The molecule has 4 rings (SSSR count).